The molecule has 3 N–H and O–H groups in total. The van der Waals surface area contributed by atoms with Crippen molar-refractivity contribution in [2.24, 2.45) is 0 Å². The zero-order chi connectivity index (χ0) is 13.1. The lowest BCUT2D eigenvalue weighted by Gasteiger charge is -2.12. The van der Waals surface area contributed by atoms with Gasteiger partial charge < -0.3 is 15.2 Å². The van der Waals surface area contributed by atoms with Gasteiger partial charge in [0.15, 0.2) is 6.10 Å². The Morgan fingerprint density at radius 3 is 2.44 bits per heavy atom. The quantitative estimate of drug-likeness (QED) is 0.719. The lowest BCUT2D eigenvalue weighted by atomic mass is 10.0. The largest absolute Gasteiger partial charge is 0.385 e. The van der Waals surface area contributed by atoms with E-state index < -0.39 is 12.2 Å². The van der Waals surface area contributed by atoms with Crippen LogP contribution in [-0.2, 0) is 0 Å². The lowest BCUT2D eigenvalue weighted by Crippen LogP contribution is -2.15. The highest BCUT2D eigenvalue weighted by Crippen LogP contribution is 2.22. The molecule has 2 atom stereocenters. The van der Waals surface area contributed by atoms with Crippen molar-refractivity contribution in [2.75, 3.05) is 0 Å². The molecule has 18 heavy (non-hydrogen) atoms. The molecule has 0 saturated heterocycles. The molecule has 0 spiro atoms. The molecule has 1 aromatic carbocycles. The summed E-state index contributed by atoms with van der Waals surface area (Å²) in [7, 11) is 0. The summed E-state index contributed by atoms with van der Waals surface area (Å²) < 4.78 is 0. The van der Waals surface area contributed by atoms with Gasteiger partial charge in [-0.1, -0.05) is 35.6 Å². The maximum atomic E-state index is 11.0. The Balaban J connectivity index is 2.26. The predicted octanol–water partition coefficient (Wildman–Crippen LogP) is 1.02. The van der Waals surface area contributed by atoms with Crippen molar-refractivity contribution in [1.29, 1.82) is 5.26 Å². The van der Waals surface area contributed by atoms with Crippen LogP contribution in [0.3, 0.4) is 0 Å². The number of hydrogen-bond acceptors (Lipinski definition) is 5. The second-order valence-electron chi connectivity index (χ2n) is 3.70. The van der Waals surface area contributed by atoms with Crippen LogP contribution >= 0.6 is 11.3 Å². The molecule has 2 aromatic rings. The monoisotopic (exact) mass is 262 g/mol. The van der Waals surface area contributed by atoms with Crippen LogP contribution in [0.2, 0.25) is 0 Å². The fourth-order valence-electron chi connectivity index (χ4n) is 1.53. The molecular weight excluding hydrogens is 252 g/mol. The minimum atomic E-state index is -1.45. The van der Waals surface area contributed by atoms with Crippen LogP contribution in [0, 0.1) is 11.3 Å². The van der Waals surface area contributed by atoms with Crippen LogP contribution in [0.25, 0.3) is 11.3 Å². The minimum Gasteiger partial charge on any atom is -0.385 e. The third-order valence-electron chi connectivity index (χ3n) is 2.52. The Morgan fingerprint density at radius 2 is 1.94 bits per heavy atom. The normalized spacial score (nSPS) is 13.8. The molecule has 0 bridgehead atoms. The van der Waals surface area contributed by atoms with Crippen LogP contribution < -0.4 is 4.87 Å². The maximum absolute atomic E-state index is 11.0. The molecule has 0 amide bonds. The van der Waals surface area contributed by atoms with E-state index in [4.69, 9.17) is 5.26 Å². The molecule has 92 valence electrons. The third kappa shape index (κ3) is 2.49. The zero-order valence-corrected chi connectivity index (χ0v) is 10.0. The van der Waals surface area contributed by atoms with Crippen LogP contribution in [0.4, 0.5) is 0 Å². The zero-order valence-electron chi connectivity index (χ0n) is 9.20. The van der Waals surface area contributed by atoms with Crippen LogP contribution in [-0.4, -0.2) is 21.3 Å². The first-order valence-electron chi connectivity index (χ1n) is 5.15. The molecule has 0 fully saturated rings. The molecule has 0 radical (unpaired) electrons. The summed E-state index contributed by atoms with van der Waals surface area (Å²) in [5.74, 6) is 0. The predicted molar refractivity (Wildman–Crippen MR) is 67.0 cm³/mol. The Labute approximate surface area is 107 Å². The van der Waals surface area contributed by atoms with Crippen molar-refractivity contribution in [3.8, 4) is 17.3 Å². The van der Waals surface area contributed by atoms with E-state index in [1.54, 1.807) is 35.7 Å². The van der Waals surface area contributed by atoms with Gasteiger partial charge in [0.2, 0.25) is 0 Å². The number of aliphatic hydroxyl groups excluding tert-OH is 2. The first-order chi connectivity index (χ1) is 8.61. The fourth-order valence-corrected chi connectivity index (χ4v) is 2.12. The summed E-state index contributed by atoms with van der Waals surface area (Å²) in [5.41, 5.74) is 1.95. The second kappa shape index (κ2) is 5.14. The van der Waals surface area contributed by atoms with Gasteiger partial charge in [0.25, 0.3) is 0 Å². The first-order valence-corrected chi connectivity index (χ1v) is 6.03. The van der Waals surface area contributed by atoms with Gasteiger partial charge in [-0.2, -0.15) is 5.26 Å². The number of benzene rings is 1. The van der Waals surface area contributed by atoms with Gasteiger partial charge in [0.1, 0.15) is 6.10 Å². The Morgan fingerprint density at radius 1 is 1.28 bits per heavy atom. The summed E-state index contributed by atoms with van der Waals surface area (Å²) in [6.45, 7) is 0. The van der Waals surface area contributed by atoms with E-state index in [1.807, 2.05) is 0 Å². The Bertz CT molecular complexity index is 624. The number of H-pyrrole nitrogens is 1. The number of thiazole rings is 1. The van der Waals surface area contributed by atoms with E-state index in [0.717, 1.165) is 16.9 Å². The van der Waals surface area contributed by atoms with E-state index in [-0.39, 0.29) is 4.87 Å². The van der Waals surface area contributed by atoms with Crippen molar-refractivity contribution >= 4 is 11.3 Å². The molecule has 0 aliphatic heterocycles. The minimum absolute atomic E-state index is 0.131. The maximum Gasteiger partial charge on any atom is 0.304 e. The van der Waals surface area contributed by atoms with Gasteiger partial charge in [0.05, 0.1) is 11.8 Å². The molecular formula is C12H10N2O3S. The summed E-state index contributed by atoms with van der Waals surface area (Å²) in [6, 6.07) is 8.21. The molecule has 0 saturated carbocycles. The second-order valence-corrected chi connectivity index (χ2v) is 4.54. The Kier molecular flexibility index (Phi) is 3.58. The molecule has 6 heteroatoms. The van der Waals surface area contributed by atoms with E-state index >= 15 is 0 Å². The average molecular weight is 262 g/mol. The molecule has 2 rings (SSSR count). The summed E-state index contributed by atoms with van der Waals surface area (Å²) in [4.78, 5) is 13.6. The summed E-state index contributed by atoms with van der Waals surface area (Å²) >= 11 is 1.07. The number of aliphatic hydroxyl groups is 2. The van der Waals surface area contributed by atoms with Gasteiger partial charge in [0, 0.05) is 5.38 Å². The number of hydrogen-bond donors (Lipinski definition) is 3. The van der Waals surface area contributed by atoms with E-state index in [0.29, 0.717) is 11.3 Å². The van der Waals surface area contributed by atoms with Gasteiger partial charge in [-0.05, 0) is 11.1 Å². The van der Waals surface area contributed by atoms with Crippen molar-refractivity contribution in [1.82, 2.24) is 4.98 Å². The highest BCUT2D eigenvalue weighted by Gasteiger charge is 2.17. The molecule has 1 heterocycles. The van der Waals surface area contributed by atoms with E-state index in [2.05, 4.69) is 4.98 Å². The fraction of sp³-hybridized carbons (Fsp3) is 0.167. The van der Waals surface area contributed by atoms with Crippen molar-refractivity contribution in [3.63, 3.8) is 0 Å². The number of nitrogens with zero attached hydrogens (tertiary/aromatic N) is 1. The van der Waals surface area contributed by atoms with E-state index in [1.165, 1.54) is 0 Å². The van der Waals surface area contributed by atoms with Crippen LogP contribution in [0.1, 0.15) is 11.7 Å². The van der Waals surface area contributed by atoms with E-state index in [9.17, 15) is 15.0 Å². The number of nitriles is 1. The first kappa shape index (κ1) is 12.5. The van der Waals surface area contributed by atoms with Crippen LogP contribution in [0.5, 0.6) is 0 Å². The third-order valence-corrected chi connectivity index (χ3v) is 3.18. The smallest absolute Gasteiger partial charge is 0.304 e. The standard InChI is InChI=1S/C12H10N2O3S/c13-5-10(15)11(16)8-3-1-7(2-4-8)9-6-18-12(17)14-9/h1-4,6,10-11,15-16H,(H,14,17). The number of nitrogens with one attached hydrogen (secondary N) is 1. The molecule has 5 nitrogen and oxygen atoms in total. The average Bonchev–Trinajstić information content (AvgIpc) is 2.84. The Hall–Kier alpha value is -1.94. The van der Waals surface area contributed by atoms with Crippen molar-refractivity contribution in [3.05, 3.63) is 44.9 Å². The topological polar surface area (TPSA) is 97.1 Å². The molecule has 0 aliphatic rings. The number of aromatic amines is 1. The van der Waals surface area contributed by atoms with Gasteiger partial charge in [-0.25, -0.2) is 0 Å². The summed E-state index contributed by atoms with van der Waals surface area (Å²) in [6.07, 6.45) is -2.68. The lowest BCUT2D eigenvalue weighted by molar-refractivity contribution is 0.0528. The van der Waals surface area contributed by atoms with Gasteiger partial charge in [-0.3, -0.25) is 4.79 Å². The molecule has 2 unspecified atom stereocenters. The van der Waals surface area contributed by atoms with Crippen LogP contribution in [0.15, 0.2) is 34.4 Å². The SMILES string of the molecule is N#CC(O)C(O)c1ccc(-c2csc(=O)[nH]2)cc1. The molecule has 1 aromatic heterocycles. The van der Waals surface area contributed by atoms with Gasteiger partial charge >= 0.3 is 4.87 Å². The number of rotatable bonds is 3. The highest BCUT2D eigenvalue weighted by molar-refractivity contribution is 7.07. The summed E-state index contributed by atoms with van der Waals surface area (Å²) in [5, 5.41) is 29.0. The van der Waals surface area contributed by atoms with Crippen molar-refractivity contribution < 1.29 is 10.2 Å². The van der Waals surface area contributed by atoms with Gasteiger partial charge in [-0.15, -0.1) is 0 Å². The molecule has 0 aliphatic carbocycles. The van der Waals surface area contributed by atoms with Crippen molar-refractivity contribution in [2.45, 2.75) is 12.2 Å². The number of aromatic nitrogens is 1. The highest BCUT2D eigenvalue weighted by atomic mass is 32.1.